The number of anilines is 1. The summed E-state index contributed by atoms with van der Waals surface area (Å²) in [7, 11) is 0. The minimum Gasteiger partial charge on any atom is -0.320 e. The van der Waals surface area contributed by atoms with Crippen LogP contribution in [0, 0.1) is 5.92 Å². The number of halogens is 1. The standard InChI is InChI=1S/C15H22N4O.ClH/c1-4-10(3)13(16)14(20)18-15-17-11-8-6-7-9-12(11)19(15)5-2;/h6-10,13H,4-5,16H2,1-3H3,(H,17,18,20);1H. The van der Waals surface area contributed by atoms with Crippen LogP contribution < -0.4 is 11.1 Å². The van der Waals surface area contributed by atoms with Gasteiger partial charge in [0.1, 0.15) is 0 Å². The predicted molar refractivity (Wildman–Crippen MR) is 88.7 cm³/mol. The Kier molecular flexibility index (Phi) is 6.18. The van der Waals surface area contributed by atoms with Crippen molar-refractivity contribution in [2.75, 3.05) is 5.32 Å². The molecule has 0 saturated carbocycles. The van der Waals surface area contributed by atoms with Crippen LogP contribution in [0.1, 0.15) is 27.2 Å². The molecule has 0 fully saturated rings. The predicted octanol–water partition coefficient (Wildman–Crippen LogP) is 2.79. The first-order chi connectivity index (χ1) is 9.58. The van der Waals surface area contributed by atoms with E-state index < -0.39 is 6.04 Å². The molecule has 6 heteroatoms. The molecule has 0 saturated heterocycles. The van der Waals surface area contributed by atoms with Gasteiger partial charge in [0.15, 0.2) is 0 Å². The van der Waals surface area contributed by atoms with E-state index in [1.165, 1.54) is 0 Å². The Morgan fingerprint density at radius 1 is 1.38 bits per heavy atom. The topological polar surface area (TPSA) is 72.9 Å². The van der Waals surface area contributed by atoms with Gasteiger partial charge in [-0.25, -0.2) is 4.98 Å². The molecule has 1 heterocycles. The van der Waals surface area contributed by atoms with Gasteiger partial charge in [-0.3, -0.25) is 10.1 Å². The molecule has 5 nitrogen and oxygen atoms in total. The summed E-state index contributed by atoms with van der Waals surface area (Å²) >= 11 is 0. The summed E-state index contributed by atoms with van der Waals surface area (Å²) < 4.78 is 1.98. The normalized spacial score (nSPS) is 13.5. The van der Waals surface area contributed by atoms with Gasteiger partial charge in [0, 0.05) is 6.54 Å². The number of benzene rings is 1. The molecule has 3 N–H and O–H groups in total. The third-order valence-corrected chi connectivity index (χ3v) is 3.77. The van der Waals surface area contributed by atoms with E-state index in [2.05, 4.69) is 10.3 Å². The number of para-hydroxylation sites is 2. The molecule has 1 aromatic heterocycles. The van der Waals surface area contributed by atoms with Crippen molar-refractivity contribution in [3.63, 3.8) is 0 Å². The average molecular weight is 311 g/mol. The number of nitrogens with two attached hydrogens (primary N) is 1. The number of carbonyl (C=O) groups excluding carboxylic acids is 1. The van der Waals surface area contributed by atoms with Crippen LogP contribution in [0.4, 0.5) is 5.95 Å². The molecule has 1 aromatic carbocycles. The number of carbonyl (C=O) groups is 1. The molecule has 116 valence electrons. The van der Waals surface area contributed by atoms with Crippen molar-refractivity contribution in [2.45, 2.75) is 39.8 Å². The number of aryl methyl sites for hydroxylation is 1. The van der Waals surface area contributed by atoms with Gasteiger partial charge in [-0.2, -0.15) is 0 Å². The number of nitrogens with one attached hydrogen (secondary N) is 1. The van der Waals surface area contributed by atoms with E-state index in [0.717, 1.165) is 24.0 Å². The van der Waals surface area contributed by atoms with Crippen molar-refractivity contribution in [3.05, 3.63) is 24.3 Å². The fourth-order valence-corrected chi connectivity index (χ4v) is 2.20. The Labute approximate surface area is 131 Å². The molecule has 0 bridgehead atoms. The molecule has 1 amide bonds. The molecule has 2 aromatic rings. The number of hydrogen-bond donors (Lipinski definition) is 2. The molecule has 21 heavy (non-hydrogen) atoms. The van der Waals surface area contributed by atoms with Crippen molar-refractivity contribution >= 4 is 35.3 Å². The summed E-state index contributed by atoms with van der Waals surface area (Å²) in [6.07, 6.45) is 0.874. The average Bonchev–Trinajstić information content (AvgIpc) is 2.82. The zero-order chi connectivity index (χ0) is 14.7. The fraction of sp³-hybridized carbons (Fsp3) is 0.467. The lowest BCUT2D eigenvalue weighted by Crippen LogP contribution is -2.41. The smallest absolute Gasteiger partial charge is 0.243 e. The van der Waals surface area contributed by atoms with Gasteiger partial charge in [0.2, 0.25) is 11.9 Å². The third-order valence-electron chi connectivity index (χ3n) is 3.77. The monoisotopic (exact) mass is 310 g/mol. The van der Waals surface area contributed by atoms with Gasteiger partial charge in [0.25, 0.3) is 0 Å². The number of hydrogen-bond acceptors (Lipinski definition) is 3. The zero-order valence-corrected chi connectivity index (χ0v) is 13.5. The second-order valence-electron chi connectivity index (χ2n) is 5.07. The van der Waals surface area contributed by atoms with E-state index in [1.54, 1.807) is 0 Å². The molecule has 0 aliphatic heterocycles. The van der Waals surface area contributed by atoms with Crippen molar-refractivity contribution < 1.29 is 4.79 Å². The Balaban J connectivity index is 0.00000220. The third kappa shape index (κ3) is 3.54. The molecule has 2 atom stereocenters. The van der Waals surface area contributed by atoms with Crippen LogP contribution in [-0.4, -0.2) is 21.5 Å². The van der Waals surface area contributed by atoms with Crippen molar-refractivity contribution in [1.82, 2.24) is 9.55 Å². The molecule has 2 rings (SSSR count). The maximum absolute atomic E-state index is 12.2. The van der Waals surface area contributed by atoms with E-state index >= 15 is 0 Å². The Morgan fingerprint density at radius 2 is 2.05 bits per heavy atom. The summed E-state index contributed by atoms with van der Waals surface area (Å²) in [6, 6.07) is 7.32. The largest absolute Gasteiger partial charge is 0.320 e. The highest BCUT2D eigenvalue weighted by molar-refractivity contribution is 5.95. The van der Waals surface area contributed by atoms with Crippen LogP contribution in [-0.2, 0) is 11.3 Å². The van der Waals surface area contributed by atoms with Gasteiger partial charge < -0.3 is 10.3 Å². The number of nitrogens with zero attached hydrogens (tertiary/aromatic N) is 2. The van der Waals surface area contributed by atoms with Crippen LogP contribution in [0.2, 0.25) is 0 Å². The summed E-state index contributed by atoms with van der Waals surface area (Å²) in [6.45, 7) is 6.78. The summed E-state index contributed by atoms with van der Waals surface area (Å²) in [5.74, 6) is 0.538. The Hall–Kier alpha value is -1.59. The minimum absolute atomic E-state index is 0. The fourth-order valence-electron chi connectivity index (χ4n) is 2.20. The Morgan fingerprint density at radius 3 is 2.67 bits per heavy atom. The van der Waals surface area contributed by atoms with Crippen molar-refractivity contribution in [2.24, 2.45) is 11.7 Å². The maximum atomic E-state index is 12.2. The number of rotatable bonds is 5. The minimum atomic E-state index is -0.509. The van der Waals surface area contributed by atoms with E-state index in [4.69, 9.17) is 5.73 Å². The highest BCUT2D eigenvalue weighted by Crippen LogP contribution is 2.19. The first-order valence-electron chi connectivity index (χ1n) is 7.10. The van der Waals surface area contributed by atoms with Gasteiger partial charge in [-0.05, 0) is 25.0 Å². The lowest BCUT2D eigenvalue weighted by molar-refractivity contribution is -0.118. The van der Waals surface area contributed by atoms with E-state index in [1.807, 2.05) is 49.6 Å². The first-order valence-corrected chi connectivity index (χ1v) is 7.10. The van der Waals surface area contributed by atoms with Crippen LogP contribution in [0.25, 0.3) is 11.0 Å². The van der Waals surface area contributed by atoms with E-state index in [-0.39, 0.29) is 24.2 Å². The number of imidazole rings is 1. The van der Waals surface area contributed by atoms with Crippen LogP contribution >= 0.6 is 12.4 Å². The second-order valence-corrected chi connectivity index (χ2v) is 5.07. The van der Waals surface area contributed by atoms with Gasteiger partial charge in [-0.1, -0.05) is 32.4 Å². The zero-order valence-electron chi connectivity index (χ0n) is 12.7. The number of aromatic nitrogens is 2. The molecule has 0 aliphatic carbocycles. The SMILES string of the molecule is CCC(C)C(N)C(=O)Nc1nc2ccccc2n1CC.Cl. The van der Waals surface area contributed by atoms with Gasteiger partial charge in [0.05, 0.1) is 17.1 Å². The molecular formula is C15H23ClN4O. The Bertz CT molecular complexity index is 611. The summed E-state index contributed by atoms with van der Waals surface area (Å²) in [5.41, 5.74) is 7.85. The lowest BCUT2D eigenvalue weighted by Gasteiger charge is -2.17. The quantitative estimate of drug-likeness (QED) is 0.892. The molecule has 0 aliphatic rings. The molecule has 2 unspecified atom stereocenters. The molecule has 0 spiro atoms. The highest BCUT2D eigenvalue weighted by atomic mass is 35.5. The van der Waals surface area contributed by atoms with Gasteiger partial charge >= 0.3 is 0 Å². The van der Waals surface area contributed by atoms with E-state index in [0.29, 0.717) is 5.95 Å². The molecular weight excluding hydrogens is 288 g/mol. The van der Waals surface area contributed by atoms with Crippen LogP contribution in [0.3, 0.4) is 0 Å². The first kappa shape index (κ1) is 17.5. The highest BCUT2D eigenvalue weighted by Gasteiger charge is 2.21. The summed E-state index contributed by atoms with van der Waals surface area (Å²) in [5, 5.41) is 2.85. The molecule has 0 radical (unpaired) electrons. The van der Waals surface area contributed by atoms with Crippen molar-refractivity contribution in [1.29, 1.82) is 0 Å². The van der Waals surface area contributed by atoms with Crippen LogP contribution in [0.5, 0.6) is 0 Å². The lowest BCUT2D eigenvalue weighted by atomic mass is 10.00. The number of fused-ring (bicyclic) bond motifs is 1. The maximum Gasteiger partial charge on any atom is 0.243 e. The van der Waals surface area contributed by atoms with Crippen LogP contribution in [0.15, 0.2) is 24.3 Å². The van der Waals surface area contributed by atoms with E-state index in [9.17, 15) is 4.79 Å². The summed E-state index contributed by atoms with van der Waals surface area (Å²) in [4.78, 5) is 16.6. The number of amides is 1. The van der Waals surface area contributed by atoms with Gasteiger partial charge in [-0.15, -0.1) is 12.4 Å². The second kappa shape index (κ2) is 7.43. The van der Waals surface area contributed by atoms with Crippen molar-refractivity contribution in [3.8, 4) is 0 Å².